The third-order valence-corrected chi connectivity index (χ3v) is 7.24. The second-order valence-corrected chi connectivity index (χ2v) is 10.5. The maximum Gasteiger partial charge on any atom is 0.257 e. The van der Waals surface area contributed by atoms with Gasteiger partial charge < -0.3 is 44.5 Å². The molecule has 4 amide bonds. The molecule has 0 bridgehead atoms. The third-order valence-electron chi connectivity index (χ3n) is 6.86. The Morgan fingerprint density at radius 3 is 2.35 bits per heavy atom. The number of nitrogens with zero attached hydrogens (tertiary/aromatic N) is 1. The molecule has 0 radical (unpaired) electrons. The van der Waals surface area contributed by atoms with Crippen molar-refractivity contribution in [2.24, 2.45) is 0 Å². The summed E-state index contributed by atoms with van der Waals surface area (Å²) in [5.74, 6) is -6.16. The minimum absolute atomic E-state index is 0.0982. The number of carbonyl (C=O) groups is 4. The molecule has 0 saturated carbocycles. The van der Waals surface area contributed by atoms with E-state index in [-0.39, 0.29) is 35.2 Å². The van der Waals surface area contributed by atoms with E-state index in [0.29, 0.717) is 6.07 Å². The van der Waals surface area contributed by atoms with Crippen LogP contribution < -0.4 is 34.9 Å². The number of hydrogen-bond acceptors (Lipinski definition) is 9. The zero-order valence-corrected chi connectivity index (χ0v) is 25.7. The Balaban J connectivity index is 1.89. The molecule has 13 nitrogen and oxygen atoms in total. The zero-order valence-electron chi connectivity index (χ0n) is 34.0. The van der Waals surface area contributed by atoms with Gasteiger partial charge in [0.2, 0.25) is 17.6 Å². The Kier molecular flexibility index (Phi) is 7.30. The number of likely N-dealkylation sites (N-methyl/N-ethyl adjacent to an activating group) is 1. The van der Waals surface area contributed by atoms with E-state index in [0.717, 1.165) is 16.0 Å². The molecule has 3 aromatic carbocycles. The van der Waals surface area contributed by atoms with Crippen LogP contribution in [0.5, 0.6) is 28.7 Å². The van der Waals surface area contributed by atoms with Crippen LogP contribution >= 0.6 is 11.6 Å². The van der Waals surface area contributed by atoms with Crippen molar-refractivity contribution in [3.05, 3.63) is 63.7 Å². The largest absolute Gasteiger partial charge is 0.493 e. The van der Waals surface area contributed by atoms with E-state index in [9.17, 15) is 19.2 Å². The molecule has 3 N–H and O–H groups in total. The lowest BCUT2D eigenvalue weighted by Crippen LogP contribution is -2.45. The zero-order chi connectivity index (χ0) is 41.2. The molecule has 3 aromatic rings. The molecule has 1 heterocycles. The summed E-state index contributed by atoms with van der Waals surface area (Å²) in [5, 5.41) is 6.71. The van der Waals surface area contributed by atoms with E-state index in [1.54, 1.807) is 26.0 Å². The number of carbonyl (C=O) groups excluding carboxylic acids is 4. The van der Waals surface area contributed by atoms with Crippen LogP contribution in [0.2, 0.25) is 5.02 Å². The van der Waals surface area contributed by atoms with Crippen molar-refractivity contribution in [2.75, 3.05) is 52.6 Å². The minimum atomic E-state index is -3.33. The van der Waals surface area contributed by atoms with Crippen molar-refractivity contribution in [3.8, 4) is 28.7 Å². The summed E-state index contributed by atoms with van der Waals surface area (Å²) in [5.41, 5.74) is 0.484. The maximum absolute atomic E-state index is 14.0. The summed E-state index contributed by atoms with van der Waals surface area (Å²) in [6.45, 7) is 3.46. The quantitative estimate of drug-likeness (QED) is 0.251. The summed E-state index contributed by atoms with van der Waals surface area (Å²) >= 11 is 6.46. The van der Waals surface area contributed by atoms with Gasteiger partial charge in [0.05, 0.1) is 67.4 Å². The second kappa shape index (κ2) is 14.4. The van der Waals surface area contributed by atoms with Crippen LogP contribution in [0.1, 0.15) is 50.6 Å². The maximum atomic E-state index is 14.0. The number of anilines is 2. The highest BCUT2D eigenvalue weighted by atomic mass is 35.5. The first kappa shape index (κ1) is 23.3. The number of nitrogens with one attached hydrogen (secondary N) is 3. The molecule has 0 aliphatic carbocycles. The predicted octanol–water partition coefficient (Wildman–Crippen LogP) is 4.53. The van der Waals surface area contributed by atoms with Crippen molar-refractivity contribution in [2.45, 2.75) is 26.3 Å². The van der Waals surface area contributed by atoms with E-state index in [1.807, 2.05) is 6.07 Å². The molecular formula is C32H35ClN4O9. The van der Waals surface area contributed by atoms with Crippen LogP contribution in [-0.4, -0.2) is 76.6 Å². The van der Waals surface area contributed by atoms with Crippen LogP contribution in [0.3, 0.4) is 0 Å². The Bertz CT molecular complexity index is 1990. The van der Waals surface area contributed by atoms with Crippen molar-refractivity contribution in [1.29, 1.82) is 0 Å². The number of aryl methyl sites for hydroxylation is 2. The molecule has 0 aromatic heterocycles. The molecule has 1 atom stereocenters. The number of fused-ring (bicyclic) bond motifs is 1. The average Bonchev–Trinajstić information content (AvgIpc) is 3.11. The van der Waals surface area contributed by atoms with Gasteiger partial charge in [-0.3, -0.25) is 19.2 Å². The highest BCUT2D eigenvalue weighted by Gasteiger charge is 2.36. The Labute approximate surface area is 283 Å². The van der Waals surface area contributed by atoms with Gasteiger partial charge in [0.1, 0.15) is 18.5 Å². The molecule has 244 valence electrons. The van der Waals surface area contributed by atoms with Crippen molar-refractivity contribution >= 4 is 46.6 Å². The minimum Gasteiger partial charge on any atom is -0.493 e. The van der Waals surface area contributed by atoms with Crippen molar-refractivity contribution < 1.29 is 55.2 Å². The number of halogens is 1. The summed E-state index contributed by atoms with van der Waals surface area (Å²) in [6.07, 6.45) is -0.428. The molecule has 14 heteroatoms. The summed E-state index contributed by atoms with van der Waals surface area (Å²) in [7, 11) is -7.24. The molecule has 0 fully saturated rings. The van der Waals surface area contributed by atoms with Gasteiger partial charge >= 0.3 is 0 Å². The molecule has 0 spiro atoms. The molecule has 46 heavy (non-hydrogen) atoms. The monoisotopic (exact) mass is 663 g/mol. The van der Waals surface area contributed by atoms with Gasteiger partial charge in [0.15, 0.2) is 17.2 Å². The first-order valence-corrected chi connectivity index (χ1v) is 13.8. The molecule has 0 saturated heterocycles. The van der Waals surface area contributed by atoms with Gasteiger partial charge in [-0.1, -0.05) is 17.7 Å². The normalized spacial score (nSPS) is 17.8. The Morgan fingerprint density at radius 1 is 0.978 bits per heavy atom. The number of amides is 4. The number of rotatable bonds is 11. The number of benzene rings is 3. The fourth-order valence-corrected chi connectivity index (χ4v) is 4.99. The van der Waals surface area contributed by atoms with Gasteiger partial charge in [-0.05, 0) is 55.3 Å². The smallest absolute Gasteiger partial charge is 0.257 e. The average molecular weight is 664 g/mol. The molecule has 1 aliphatic heterocycles. The highest BCUT2D eigenvalue weighted by Crippen LogP contribution is 2.45. The Hall–Kier alpha value is -5.01. The number of hydrogen-bond donors (Lipinski definition) is 3. The molecule has 4 rings (SSSR count). The molecule has 1 aliphatic rings. The van der Waals surface area contributed by atoms with E-state index in [2.05, 4.69) is 16.0 Å². The fraction of sp³-hybridized carbons (Fsp3) is 0.312. The molecule has 0 unspecified atom stereocenters. The van der Waals surface area contributed by atoms with Gasteiger partial charge in [-0.15, -0.1) is 0 Å². The van der Waals surface area contributed by atoms with Gasteiger partial charge in [-0.2, -0.15) is 0 Å². The van der Waals surface area contributed by atoms with Gasteiger partial charge in [-0.25, -0.2) is 0 Å². The standard InChI is InChI=1S/C32H35ClN4O9/c1-16-8-17(2)10-18(9-16)46-24-11-19-21(35-31(40)23(37(3)32(19)41)14-26(38)34-15-42-4)13-22(24)36-30(39)20-12-25(43-5)28(44-6)29(45-7)27(20)33/h8-13,23H,14-15H2,1-7H3,(H,34,38)(H,35,40)(H,36,39)/t23-/m0/s1/i5D3,6D3,7D3. The van der Waals surface area contributed by atoms with Crippen LogP contribution in [0.15, 0.2) is 36.4 Å². The number of methoxy groups -OCH3 is 4. The lowest BCUT2D eigenvalue weighted by Gasteiger charge is -2.24. The fourth-order valence-electron chi connectivity index (χ4n) is 4.73. The lowest BCUT2D eigenvalue weighted by atomic mass is 10.1. The van der Waals surface area contributed by atoms with Crippen molar-refractivity contribution in [1.82, 2.24) is 10.2 Å². The van der Waals surface area contributed by atoms with Crippen LogP contribution in [0, 0.1) is 13.8 Å². The van der Waals surface area contributed by atoms with Crippen molar-refractivity contribution in [3.63, 3.8) is 0 Å². The van der Waals surface area contributed by atoms with Crippen LogP contribution in [0.4, 0.5) is 11.4 Å². The SMILES string of the molecule is [2H]C([2H])([2H])Oc1cc(C(=O)Nc2cc3c(cc2Oc2cc(C)cc(C)c2)C(=O)N(C)[C@@H](CC(=O)NCOC)C(=O)N3)c(Cl)c(OC([2H])([2H])[2H])c1OC([2H])([2H])[2H]. The summed E-state index contributed by atoms with van der Waals surface area (Å²) in [4.78, 5) is 54.8. The Morgan fingerprint density at radius 2 is 1.67 bits per heavy atom. The van der Waals surface area contributed by atoms with Gasteiger partial charge in [0.25, 0.3) is 11.8 Å². The van der Waals surface area contributed by atoms with Crippen LogP contribution in [-0.2, 0) is 14.3 Å². The first-order chi connectivity index (χ1) is 25.4. The third kappa shape index (κ3) is 7.11. The lowest BCUT2D eigenvalue weighted by molar-refractivity contribution is -0.128. The van der Waals surface area contributed by atoms with E-state index < -0.39 is 85.0 Å². The topological polar surface area (TPSA) is 154 Å². The predicted molar refractivity (Wildman–Crippen MR) is 171 cm³/mol. The highest BCUT2D eigenvalue weighted by molar-refractivity contribution is 6.36. The van der Waals surface area contributed by atoms with Crippen LogP contribution in [0.25, 0.3) is 0 Å². The second-order valence-electron chi connectivity index (χ2n) is 10.1. The van der Waals surface area contributed by atoms with E-state index in [4.69, 9.17) is 47.6 Å². The summed E-state index contributed by atoms with van der Waals surface area (Å²) in [6, 6.07) is 7.02. The van der Waals surface area contributed by atoms with E-state index in [1.165, 1.54) is 26.3 Å². The first-order valence-electron chi connectivity index (χ1n) is 17.9. The number of ether oxygens (including phenoxy) is 5. The van der Waals surface area contributed by atoms with Gasteiger partial charge in [0, 0.05) is 14.2 Å². The molecular weight excluding hydrogens is 620 g/mol. The van der Waals surface area contributed by atoms with E-state index >= 15 is 0 Å². The summed E-state index contributed by atoms with van der Waals surface area (Å²) < 4.78 is 93.8.